The van der Waals surface area contributed by atoms with E-state index in [4.69, 9.17) is 14.2 Å². The zero-order chi connectivity index (χ0) is 13.5. The van der Waals surface area contributed by atoms with Crippen LogP contribution in [0.25, 0.3) is 0 Å². The first-order valence-electron chi connectivity index (χ1n) is 6.57. The smallest absolute Gasteiger partial charge is 0.203 e. The van der Waals surface area contributed by atoms with Crippen molar-refractivity contribution in [1.29, 1.82) is 0 Å². The van der Waals surface area contributed by atoms with Crippen LogP contribution in [0, 0.1) is 0 Å². The van der Waals surface area contributed by atoms with Crippen molar-refractivity contribution in [3.63, 3.8) is 0 Å². The predicted octanol–water partition coefficient (Wildman–Crippen LogP) is 3.83. The summed E-state index contributed by atoms with van der Waals surface area (Å²) in [7, 11) is 3.29. The van der Waals surface area contributed by atoms with Crippen LogP contribution in [0.3, 0.4) is 0 Å². The highest BCUT2D eigenvalue weighted by atomic mass is 16.5. The molecule has 0 heterocycles. The van der Waals surface area contributed by atoms with Crippen LogP contribution >= 0.6 is 0 Å². The first-order chi connectivity index (χ1) is 8.65. The third-order valence-corrected chi connectivity index (χ3v) is 2.94. The van der Waals surface area contributed by atoms with Crippen LogP contribution in [-0.2, 0) is 6.42 Å². The van der Waals surface area contributed by atoms with E-state index < -0.39 is 0 Å². The molecular weight excluding hydrogens is 228 g/mol. The highest BCUT2D eigenvalue weighted by Crippen LogP contribution is 2.39. The summed E-state index contributed by atoms with van der Waals surface area (Å²) in [5.41, 5.74) is 1.19. The van der Waals surface area contributed by atoms with Gasteiger partial charge in [-0.25, -0.2) is 0 Å². The Balaban J connectivity index is 3.06. The van der Waals surface area contributed by atoms with Gasteiger partial charge in [-0.05, 0) is 37.5 Å². The summed E-state index contributed by atoms with van der Waals surface area (Å²) in [5, 5.41) is 0. The van der Waals surface area contributed by atoms with Crippen molar-refractivity contribution in [3.8, 4) is 17.2 Å². The molecule has 0 amide bonds. The Morgan fingerprint density at radius 1 is 1.06 bits per heavy atom. The maximum atomic E-state index is 5.96. The van der Waals surface area contributed by atoms with Crippen molar-refractivity contribution in [1.82, 2.24) is 0 Å². The van der Waals surface area contributed by atoms with Gasteiger partial charge in [0.1, 0.15) is 0 Å². The Bertz CT molecular complexity index is 374. The van der Waals surface area contributed by atoms with Crippen molar-refractivity contribution in [2.45, 2.75) is 46.1 Å². The molecule has 0 aliphatic rings. The van der Waals surface area contributed by atoms with Crippen molar-refractivity contribution in [2.24, 2.45) is 0 Å². The molecular formula is C15H24O3. The Kier molecular flexibility index (Phi) is 5.83. The molecule has 1 unspecified atom stereocenters. The fourth-order valence-corrected chi connectivity index (χ4v) is 1.96. The van der Waals surface area contributed by atoms with Crippen LogP contribution < -0.4 is 14.2 Å². The van der Waals surface area contributed by atoms with Gasteiger partial charge in [0.15, 0.2) is 11.5 Å². The van der Waals surface area contributed by atoms with E-state index in [0.29, 0.717) is 5.75 Å². The molecule has 0 spiro atoms. The van der Waals surface area contributed by atoms with E-state index >= 15 is 0 Å². The number of ether oxygens (including phenoxy) is 3. The minimum Gasteiger partial charge on any atom is -0.493 e. The van der Waals surface area contributed by atoms with E-state index in [0.717, 1.165) is 30.8 Å². The van der Waals surface area contributed by atoms with Crippen LogP contribution in [0.15, 0.2) is 12.1 Å². The van der Waals surface area contributed by atoms with Gasteiger partial charge < -0.3 is 14.2 Å². The second-order valence-electron chi connectivity index (χ2n) is 4.40. The highest BCUT2D eigenvalue weighted by molar-refractivity contribution is 5.53. The zero-order valence-electron chi connectivity index (χ0n) is 12.1. The Hall–Kier alpha value is -1.38. The van der Waals surface area contributed by atoms with Gasteiger partial charge in [-0.2, -0.15) is 0 Å². The molecule has 0 saturated carbocycles. The molecule has 0 aliphatic carbocycles. The molecule has 3 heteroatoms. The first-order valence-corrected chi connectivity index (χ1v) is 6.57. The maximum Gasteiger partial charge on any atom is 0.203 e. The van der Waals surface area contributed by atoms with Crippen molar-refractivity contribution < 1.29 is 14.2 Å². The highest BCUT2D eigenvalue weighted by Gasteiger charge is 2.15. The molecule has 0 aromatic heterocycles. The SMILES string of the molecule is CCCC(C)Oc1cc(CC)cc(OC)c1OC. The molecule has 0 aliphatic heterocycles. The normalized spacial score (nSPS) is 12.1. The number of benzene rings is 1. The van der Waals surface area contributed by atoms with Crippen LogP contribution in [-0.4, -0.2) is 20.3 Å². The third kappa shape index (κ3) is 3.56. The number of aryl methyl sites for hydroxylation is 1. The lowest BCUT2D eigenvalue weighted by molar-refractivity contribution is 0.198. The van der Waals surface area contributed by atoms with E-state index in [1.807, 2.05) is 12.1 Å². The van der Waals surface area contributed by atoms with Gasteiger partial charge in [-0.3, -0.25) is 0 Å². The summed E-state index contributed by atoms with van der Waals surface area (Å²) in [6.07, 6.45) is 3.26. The van der Waals surface area contributed by atoms with Gasteiger partial charge in [0.25, 0.3) is 0 Å². The predicted molar refractivity (Wildman–Crippen MR) is 73.9 cm³/mol. The third-order valence-electron chi connectivity index (χ3n) is 2.94. The monoisotopic (exact) mass is 252 g/mol. The fourth-order valence-electron chi connectivity index (χ4n) is 1.96. The van der Waals surface area contributed by atoms with Crippen LogP contribution in [0.5, 0.6) is 17.2 Å². The molecule has 102 valence electrons. The van der Waals surface area contributed by atoms with Gasteiger partial charge in [0.05, 0.1) is 20.3 Å². The minimum atomic E-state index is 0.181. The lowest BCUT2D eigenvalue weighted by Crippen LogP contribution is -2.12. The fraction of sp³-hybridized carbons (Fsp3) is 0.600. The van der Waals surface area contributed by atoms with Gasteiger partial charge >= 0.3 is 0 Å². The quantitative estimate of drug-likeness (QED) is 0.738. The summed E-state index contributed by atoms with van der Waals surface area (Å²) in [6.45, 7) is 6.34. The molecule has 0 radical (unpaired) electrons. The summed E-state index contributed by atoms with van der Waals surface area (Å²) in [6, 6.07) is 4.03. The Morgan fingerprint density at radius 3 is 2.22 bits per heavy atom. The Morgan fingerprint density at radius 2 is 1.72 bits per heavy atom. The lowest BCUT2D eigenvalue weighted by Gasteiger charge is -2.19. The van der Waals surface area contributed by atoms with E-state index in [9.17, 15) is 0 Å². The second-order valence-corrected chi connectivity index (χ2v) is 4.40. The summed E-state index contributed by atoms with van der Waals surface area (Å²) in [4.78, 5) is 0. The lowest BCUT2D eigenvalue weighted by atomic mass is 10.1. The maximum absolute atomic E-state index is 5.96. The van der Waals surface area contributed by atoms with Crippen molar-refractivity contribution in [3.05, 3.63) is 17.7 Å². The molecule has 1 aromatic carbocycles. The van der Waals surface area contributed by atoms with Crippen LogP contribution in [0.1, 0.15) is 39.2 Å². The average Bonchev–Trinajstić information content (AvgIpc) is 2.37. The first kappa shape index (κ1) is 14.7. The van der Waals surface area contributed by atoms with Gasteiger partial charge in [0.2, 0.25) is 5.75 Å². The van der Waals surface area contributed by atoms with Crippen LogP contribution in [0.2, 0.25) is 0 Å². The molecule has 3 nitrogen and oxygen atoms in total. The zero-order valence-corrected chi connectivity index (χ0v) is 12.1. The van der Waals surface area contributed by atoms with E-state index in [2.05, 4.69) is 20.8 Å². The average molecular weight is 252 g/mol. The summed E-state index contributed by atoms with van der Waals surface area (Å²) >= 11 is 0. The molecule has 0 fully saturated rings. The molecule has 1 atom stereocenters. The summed E-state index contributed by atoms with van der Waals surface area (Å²) in [5.74, 6) is 2.18. The largest absolute Gasteiger partial charge is 0.493 e. The minimum absolute atomic E-state index is 0.181. The van der Waals surface area contributed by atoms with E-state index in [-0.39, 0.29) is 6.10 Å². The molecule has 0 bridgehead atoms. The van der Waals surface area contributed by atoms with Crippen molar-refractivity contribution >= 4 is 0 Å². The number of hydrogen-bond acceptors (Lipinski definition) is 3. The standard InChI is InChI=1S/C15H24O3/c1-6-8-11(3)18-14-10-12(7-2)9-13(16-4)15(14)17-5/h9-11H,6-8H2,1-5H3. The van der Waals surface area contributed by atoms with E-state index in [1.165, 1.54) is 5.56 Å². The molecule has 1 rings (SSSR count). The van der Waals surface area contributed by atoms with Gasteiger partial charge in [-0.1, -0.05) is 20.3 Å². The van der Waals surface area contributed by atoms with Gasteiger partial charge in [0, 0.05) is 0 Å². The van der Waals surface area contributed by atoms with E-state index in [1.54, 1.807) is 14.2 Å². The molecule has 18 heavy (non-hydrogen) atoms. The number of methoxy groups -OCH3 is 2. The number of hydrogen-bond donors (Lipinski definition) is 0. The number of rotatable bonds is 7. The molecule has 1 aromatic rings. The van der Waals surface area contributed by atoms with Crippen molar-refractivity contribution in [2.75, 3.05) is 14.2 Å². The summed E-state index contributed by atoms with van der Waals surface area (Å²) < 4.78 is 16.7. The van der Waals surface area contributed by atoms with Crippen LogP contribution in [0.4, 0.5) is 0 Å². The second kappa shape index (κ2) is 7.14. The van der Waals surface area contributed by atoms with Gasteiger partial charge in [-0.15, -0.1) is 0 Å². The molecule has 0 saturated heterocycles. The Labute approximate surface area is 110 Å². The topological polar surface area (TPSA) is 27.7 Å². The molecule has 0 N–H and O–H groups in total.